The molecule has 25 heavy (non-hydrogen) atoms. The molecule has 0 aliphatic carbocycles. The van der Waals surface area contributed by atoms with Gasteiger partial charge in [-0.25, -0.2) is 0 Å². The van der Waals surface area contributed by atoms with E-state index in [-0.39, 0.29) is 17.3 Å². The summed E-state index contributed by atoms with van der Waals surface area (Å²) < 4.78 is 10.8. The lowest BCUT2D eigenvalue weighted by atomic mass is 9.94. The van der Waals surface area contributed by atoms with Crippen molar-refractivity contribution in [2.75, 3.05) is 25.7 Å². The minimum atomic E-state index is -0.806. The number of methoxy groups -OCH3 is 2. The highest BCUT2D eigenvalue weighted by molar-refractivity contribution is 6.33. The highest BCUT2D eigenvalue weighted by atomic mass is 35.5. The molecule has 8 heteroatoms. The number of benzene rings is 2. The number of hydrogen-bond acceptors (Lipinski definition) is 6. The second kappa shape index (κ2) is 6.78. The molecule has 1 N–H and O–H groups in total. The first-order chi connectivity index (χ1) is 12.0. The van der Waals surface area contributed by atoms with Gasteiger partial charge >= 0.3 is 0 Å². The molecule has 0 amide bonds. The van der Waals surface area contributed by atoms with Crippen molar-refractivity contribution in [1.29, 1.82) is 0 Å². The number of nitro benzene ring substituents is 1. The standard InChI is InChI=1S/C17H17ClN2O5/c1-24-15-5-6-16(25-2)17-11(15)8-19(9-14(17)21)13-4-3-10(20(22)23)7-12(13)18/h3-7,14,21H,8-9H2,1-2H3/t14-/m0/s1. The van der Waals surface area contributed by atoms with Crippen LogP contribution in [0.15, 0.2) is 30.3 Å². The molecule has 0 unspecified atom stereocenters. The van der Waals surface area contributed by atoms with Gasteiger partial charge in [0, 0.05) is 36.3 Å². The first-order valence-corrected chi connectivity index (χ1v) is 7.94. The molecular weight excluding hydrogens is 348 g/mol. The molecule has 1 aliphatic heterocycles. The Bertz CT molecular complexity index is 827. The molecule has 0 bridgehead atoms. The molecule has 0 spiro atoms. The van der Waals surface area contributed by atoms with Crippen LogP contribution in [0.25, 0.3) is 0 Å². The third-order valence-electron chi connectivity index (χ3n) is 4.27. The van der Waals surface area contributed by atoms with Crippen LogP contribution in [0.5, 0.6) is 11.5 Å². The van der Waals surface area contributed by atoms with E-state index in [2.05, 4.69) is 0 Å². The quantitative estimate of drug-likeness (QED) is 0.661. The van der Waals surface area contributed by atoms with Crippen LogP contribution in [0.3, 0.4) is 0 Å². The van der Waals surface area contributed by atoms with Gasteiger partial charge in [-0.2, -0.15) is 0 Å². The fourth-order valence-corrected chi connectivity index (χ4v) is 3.42. The van der Waals surface area contributed by atoms with Crippen LogP contribution in [0.4, 0.5) is 11.4 Å². The number of β-amino-alcohol motifs (C(OH)–C–C–N with tert-alkyl or cyclic N) is 1. The van der Waals surface area contributed by atoms with Crippen LogP contribution in [-0.2, 0) is 6.54 Å². The number of nitro groups is 1. The van der Waals surface area contributed by atoms with Crippen molar-refractivity contribution in [3.8, 4) is 11.5 Å². The van der Waals surface area contributed by atoms with Crippen LogP contribution < -0.4 is 14.4 Å². The summed E-state index contributed by atoms with van der Waals surface area (Å²) in [6.45, 7) is 0.721. The summed E-state index contributed by atoms with van der Waals surface area (Å²) in [7, 11) is 3.11. The summed E-state index contributed by atoms with van der Waals surface area (Å²) in [5.41, 5.74) is 2.03. The zero-order valence-corrected chi connectivity index (χ0v) is 14.5. The summed E-state index contributed by atoms with van der Waals surface area (Å²) in [6, 6.07) is 7.83. The molecule has 2 aromatic carbocycles. The van der Waals surface area contributed by atoms with Gasteiger partial charge < -0.3 is 19.5 Å². The molecule has 7 nitrogen and oxygen atoms in total. The number of rotatable bonds is 4. The zero-order chi connectivity index (χ0) is 18.1. The second-order valence-corrected chi connectivity index (χ2v) is 6.06. The van der Waals surface area contributed by atoms with Gasteiger partial charge in [0.05, 0.1) is 29.9 Å². The SMILES string of the molecule is COc1ccc(OC)c2c1CN(c1ccc([N+](=O)[O-])cc1Cl)C[C@@H]2O. The largest absolute Gasteiger partial charge is 0.496 e. The number of nitrogens with zero attached hydrogens (tertiary/aromatic N) is 2. The normalized spacial score (nSPS) is 16.3. The van der Waals surface area contributed by atoms with Gasteiger partial charge in [0.25, 0.3) is 5.69 Å². The van der Waals surface area contributed by atoms with Crippen molar-refractivity contribution < 1.29 is 19.5 Å². The lowest BCUT2D eigenvalue weighted by Gasteiger charge is -2.35. The van der Waals surface area contributed by atoms with Crippen LogP contribution in [0.1, 0.15) is 17.2 Å². The highest BCUT2D eigenvalue weighted by Crippen LogP contribution is 2.42. The van der Waals surface area contributed by atoms with E-state index in [9.17, 15) is 15.2 Å². The van der Waals surface area contributed by atoms with Crippen molar-refractivity contribution in [3.05, 3.63) is 56.6 Å². The summed E-state index contributed by atoms with van der Waals surface area (Å²) in [5, 5.41) is 21.8. The molecule has 0 radical (unpaired) electrons. The van der Waals surface area contributed by atoms with Crippen molar-refractivity contribution in [2.24, 2.45) is 0 Å². The Morgan fingerprint density at radius 2 is 1.92 bits per heavy atom. The van der Waals surface area contributed by atoms with Crippen molar-refractivity contribution in [2.45, 2.75) is 12.6 Å². The minimum absolute atomic E-state index is 0.0778. The average molecular weight is 365 g/mol. The van der Waals surface area contributed by atoms with E-state index in [1.54, 1.807) is 32.4 Å². The number of fused-ring (bicyclic) bond motifs is 1. The summed E-state index contributed by atoms with van der Waals surface area (Å²) in [5.74, 6) is 1.23. The Balaban J connectivity index is 2.03. The van der Waals surface area contributed by atoms with E-state index in [1.165, 1.54) is 12.1 Å². The van der Waals surface area contributed by atoms with E-state index in [4.69, 9.17) is 21.1 Å². The molecule has 2 aromatic rings. The number of anilines is 1. The fourth-order valence-electron chi connectivity index (χ4n) is 3.13. The maximum atomic E-state index is 10.9. The lowest BCUT2D eigenvalue weighted by Crippen LogP contribution is -2.34. The molecule has 1 atom stereocenters. The fraction of sp³-hybridized carbons (Fsp3) is 0.294. The molecule has 3 rings (SSSR count). The maximum Gasteiger partial charge on any atom is 0.271 e. The maximum absolute atomic E-state index is 10.9. The van der Waals surface area contributed by atoms with Crippen molar-refractivity contribution in [3.63, 3.8) is 0 Å². The first kappa shape index (κ1) is 17.3. The zero-order valence-electron chi connectivity index (χ0n) is 13.7. The molecule has 0 saturated heterocycles. The number of aliphatic hydroxyl groups excluding tert-OH is 1. The minimum Gasteiger partial charge on any atom is -0.496 e. The summed E-state index contributed by atoms with van der Waals surface area (Å²) in [4.78, 5) is 12.2. The molecule has 132 valence electrons. The Morgan fingerprint density at radius 1 is 1.24 bits per heavy atom. The van der Waals surface area contributed by atoms with Gasteiger partial charge in [-0.3, -0.25) is 10.1 Å². The molecule has 0 saturated carbocycles. The average Bonchev–Trinajstić information content (AvgIpc) is 2.60. The van der Waals surface area contributed by atoms with Crippen LogP contribution >= 0.6 is 11.6 Å². The van der Waals surface area contributed by atoms with Crippen molar-refractivity contribution >= 4 is 23.0 Å². The van der Waals surface area contributed by atoms with E-state index in [0.717, 1.165) is 5.56 Å². The highest BCUT2D eigenvalue weighted by Gasteiger charge is 2.30. The Hall–Kier alpha value is -2.51. The van der Waals surface area contributed by atoms with E-state index in [1.807, 2.05) is 4.90 Å². The Labute approximate surface area is 149 Å². The van der Waals surface area contributed by atoms with E-state index >= 15 is 0 Å². The third-order valence-corrected chi connectivity index (χ3v) is 4.57. The number of halogens is 1. The molecular formula is C17H17ClN2O5. The number of non-ortho nitro benzene ring substituents is 1. The number of ether oxygens (including phenoxy) is 2. The monoisotopic (exact) mass is 364 g/mol. The third kappa shape index (κ3) is 3.08. The van der Waals surface area contributed by atoms with Gasteiger partial charge in [-0.1, -0.05) is 11.6 Å². The van der Waals surface area contributed by atoms with Gasteiger partial charge in [-0.05, 0) is 18.2 Å². The number of hydrogen-bond donors (Lipinski definition) is 1. The summed E-state index contributed by atoms with van der Waals surface area (Å²) in [6.07, 6.45) is -0.806. The Morgan fingerprint density at radius 3 is 2.52 bits per heavy atom. The summed E-state index contributed by atoms with van der Waals surface area (Å²) >= 11 is 6.23. The van der Waals surface area contributed by atoms with Gasteiger partial charge in [0.1, 0.15) is 17.6 Å². The second-order valence-electron chi connectivity index (χ2n) is 5.65. The molecule has 1 aliphatic rings. The lowest BCUT2D eigenvalue weighted by molar-refractivity contribution is -0.384. The van der Waals surface area contributed by atoms with E-state index < -0.39 is 11.0 Å². The van der Waals surface area contributed by atoms with Crippen LogP contribution in [0, 0.1) is 10.1 Å². The molecule has 1 heterocycles. The van der Waals surface area contributed by atoms with Gasteiger partial charge in [0.2, 0.25) is 0 Å². The van der Waals surface area contributed by atoms with Crippen molar-refractivity contribution in [1.82, 2.24) is 0 Å². The smallest absolute Gasteiger partial charge is 0.271 e. The molecule has 0 aromatic heterocycles. The molecule has 0 fully saturated rings. The van der Waals surface area contributed by atoms with Gasteiger partial charge in [-0.15, -0.1) is 0 Å². The predicted molar refractivity (Wildman–Crippen MR) is 93.7 cm³/mol. The van der Waals surface area contributed by atoms with Crippen LogP contribution in [-0.4, -0.2) is 30.8 Å². The number of aliphatic hydroxyl groups is 1. The Kier molecular flexibility index (Phi) is 4.69. The topological polar surface area (TPSA) is 85.1 Å². The first-order valence-electron chi connectivity index (χ1n) is 7.57. The van der Waals surface area contributed by atoms with E-state index in [0.29, 0.717) is 29.3 Å². The van der Waals surface area contributed by atoms with Gasteiger partial charge in [0.15, 0.2) is 0 Å². The van der Waals surface area contributed by atoms with Crippen LogP contribution in [0.2, 0.25) is 5.02 Å². The predicted octanol–water partition coefficient (Wildman–Crippen LogP) is 3.32.